The number of rotatable bonds is 2. The minimum atomic E-state index is -1.97. The normalized spacial score (nSPS) is 16.2. The molecular weight excluding hydrogens is 231 g/mol. The maximum absolute atomic E-state index is 13.5. The van der Waals surface area contributed by atoms with Gasteiger partial charge in [-0.2, -0.15) is 0 Å². The lowest BCUT2D eigenvalue weighted by Gasteiger charge is -2.18. The zero-order chi connectivity index (χ0) is 11.7. The van der Waals surface area contributed by atoms with Gasteiger partial charge in [0, 0.05) is 10.6 Å². The highest BCUT2D eigenvalue weighted by Crippen LogP contribution is 2.32. The lowest BCUT2D eigenvalue weighted by atomic mass is 9.88. The summed E-state index contributed by atoms with van der Waals surface area (Å²) in [4.78, 5) is 10.6. The van der Waals surface area contributed by atoms with Crippen molar-refractivity contribution in [2.75, 3.05) is 0 Å². The molecule has 0 heterocycles. The van der Waals surface area contributed by atoms with E-state index in [1.54, 1.807) is 18.2 Å². The number of benzene rings is 1. The summed E-state index contributed by atoms with van der Waals surface area (Å²) in [5, 5.41) is 9.17. The van der Waals surface area contributed by atoms with Crippen molar-refractivity contribution in [3.63, 3.8) is 0 Å². The summed E-state index contributed by atoms with van der Waals surface area (Å²) >= 11 is 5.83. The van der Waals surface area contributed by atoms with Crippen molar-refractivity contribution in [2.45, 2.75) is 19.0 Å². The molecule has 1 aromatic carbocycles. The summed E-state index contributed by atoms with van der Waals surface area (Å²) < 4.78 is 13.5. The van der Waals surface area contributed by atoms with Crippen LogP contribution in [-0.2, 0) is 11.2 Å². The van der Waals surface area contributed by atoms with Crippen LogP contribution in [0.3, 0.4) is 0 Å². The average Bonchev–Trinajstić information content (AvgIpc) is 2.27. The van der Waals surface area contributed by atoms with Crippen molar-refractivity contribution < 1.29 is 14.3 Å². The maximum Gasteiger partial charge on any atom is 0.343 e. The van der Waals surface area contributed by atoms with Crippen molar-refractivity contribution in [2.24, 2.45) is 0 Å². The Morgan fingerprint density at radius 3 is 2.94 bits per heavy atom. The van der Waals surface area contributed by atoms with E-state index >= 15 is 0 Å². The van der Waals surface area contributed by atoms with Crippen LogP contribution in [0.4, 0.5) is 4.39 Å². The van der Waals surface area contributed by atoms with Gasteiger partial charge >= 0.3 is 5.97 Å². The van der Waals surface area contributed by atoms with Gasteiger partial charge in [0.25, 0.3) is 0 Å². The molecule has 0 fully saturated rings. The zero-order valence-electron chi connectivity index (χ0n) is 8.41. The molecule has 0 saturated heterocycles. The Bertz CT molecular complexity index is 468. The van der Waals surface area contributed by atoms with Crippen molar-refractivity contribution in [3.8, 4) is 0 Å². The molecule has 1 atom stereocenters. The third-order valence-electron chi connectivity index (χ3n) is 2.65. The van der Waals surface area contributed by atoms with Gasteiger partial charge in [-0.15, -0.1) is 0 Å². The predicted octanol–water partition coefficient (Wildman–Crippen LogP) is 3.09. The van der Waals surface area contributed by atoms with E-state index in [2.05, 4.69) is 0 Å². The summed E-state index contributed by atoms with van der Waals surface area (Å²) in [6.07, 6.45) is 1.12. The van der Waals surface area contributed by atoms with Gasteiger partial charge in [-0.1, -0.05) is 23.7 Å². The number of carboxylic acid groups (broad SMARTS) is 1. The Morgan fingerprint density at radius 2 is 2.25 bits per heavy atom. The summed E-state index contributed by atoms with van der Waals surface area (Å²) in [6.45, 7) is 0. The van der Waals surface area contributed by atoms with E-state index in [0.717, 1.165) is 12.0 Å². The second-order valence-corrected chi connectivity index (χ2v) is 4.14. The predicted molar refractivity (Wildman–Crippen MR) is 60.3 cm³/mol. The largest absolute Gasteiger partial charge is 0.479 e. The van der Waals surface area contributed by atoms with E-state index < -0.39 is 12.1 Å². The van der Waals surface area contributed by atoms with Crippen molar-refractivity contribution >= 4 is 23.1 Å². The quantitative estimate of drug-likeness (QED) is 0.863. The van der Waals surface area contributed by atoms with E-state index in [1.807, 2.05) is 6.07 Å². The first-order chi connectivity index (χ1) is 7.59. The van der Waals surface area contributed by atoms with Crippen LogP contribution in [0.5, 0.6) is 0 Å². The molecule has 1 aromatic rings. The highest BCUT2D eigenvalue weighted by atomic mass is 35.5. The molecule has 0 spiro atoms. The van der Waals surface area contributed by atoms with Gasteiger partial charge in [0.05, 0.1) is 0 Å². The van der Waals surface area contributed by atoms with Gasteiger partial charge < -0.3 is 5.11 Å². The van der Waals surface area contributed by atoms with Crippen LogP contribution in [0.15, 0.2) is 24.3 Å². The molecule has 0 radical (unpaired) electrons. The number of carboxylic acids is 1. The van der Waals surface area contributed by atoms with Gasteiger partial charge in [0.15, 0.2) is 0 Å². The van der Waals surface area contributed by atoms with Crippen LogP contribution in [-0.4, -0.2) is 17.2 Å². The number of fused-ring (bicyclic) bond motifs is 1. The van der Waals surface area contributed by atoms with E-state index in [-0.39, 0.29) is 5.57 Å². The minimum Gasteiger partial charge on any atom is -0.479 e. The first kappa shape index (κ1) is 11.1. The summed E-state index contributed by atoms with van der Waals surface area (Å²) in [5.74, 6) is -1.46. The first-order valence-electron chi connectivity index (χ1n) is 4.95. The molecule has 2 nitrogen and oxygen atoms in total. The zero-order valence-corrected chi connectivity index (χ0v) is 9.17. The van der Waals surface area contributed by atoms with Crippen LogP contribution >= 0.6 is 11.6 Å². The smallest absolute Gasteiger partial charge is 0.343 e. The van der Waals surface area contributed by atoms with Crippen LogP contribution in [0, 0.1) is 0 Å². The van der Waals surface area contributed by atoms with Gasteiger partial charge in [0.2, 0.25) is 6.17 Å². The fraction of sp³-hybridized carbons (Fsp3) is 0.250. The third-order valence-corrected chi connectivity index (χ3v) is 2.89. The first-order valence-corrected chi connectivity index (χ1v) is 5.33. The lowest BCUT2D eigenvalue weighted by molar-refractivity contribution is -0.140. The second-order valence-electron chi connectivity index (χ2n) is 3.70. The highest BCUT2D eigenvalue weighted by Gasteiger charge is 2.26. The molecule has 0 amide bonds. The molecule has 16 heavy (non-hydrogen) atoms. The van der Waals surface area contributed by atoms with Crippen LogP contribution in [0.25, 0.3) is 5.57 Å². The molecule has 0 aromatic heterocycles. The van der Waals surface area contributed by atoms with Crippen molar-refractivity contribution in [3.05, 3.63) is 40.4 Å². The number of alkyl halides is 1. The summed E-state index contributed by atoms with van der Waals surface area (Å²) in [6, 6.07) is 5.17. The number of hydrogen-bond acceptors (Lipinski definition) is 1. The molecule has 1 aliphatic rings. The molecule has 0 saturated carbocycles. The fourth-order valence-corrected chi connectivity index (χ4v) is 2.07. The van der Waals surface area contributed by atoms with Gasteiger partial charge in [-0.3, -0.25) is 0 Å². The highest BCUT2D eigenvalue weighted by molar-refractivity contribution is 6.30. The van der Waals surface area contributed by atoms with E-state index in [0.29, 0.717) is 17.0 Å². The van der Waals surface area contributed by atoms with E-state index in [4.69, 9.17) is 16.7 Å². The molecular formula is C12H10ClFO2. The van der Waals surface area contributed by atoms with Crippen molar-refractivity contribution in [1.29, 1.82) is 0 Å². The Hall–Kier alpha value is -1.35. The molecule has 2 rings (SSSR count). The molecule has 1 unspecified atom stereocenters. The van der Waals surface area contributed by atoms with E-state index in [1.165, 1.54) is 0 Å². The molecule has 0 aliphatic heterocycles. The van der Waals surface area contributed by atoms with Crippen LogP contribution in [0.1, 0.15) is 17.5 Å². The molecule has 84 valence electrons. The van der Waals surface area contributed by atoms with Crippen molar-refractivity contribution in [1.82, 2.24) is 0 Å². The molecule has 1 N–H and O–H groups in total. The molecule has 1 aliphatic carbocycles. The summed E-state index contributed by atoms with van der Waals surface area (Å²) in [5.41, 5.74) is 1.79. The number of halogens is 2. The number of aliphatic carboxylic acids is 1. The van der Waals surface area contributed by atoms with Crippen LogP contribution < -0.4 is 0 Å². The Labute approximate surface area is 97.4 Å². The number of aryl methyl sites for hydroxylation is 1. The second kappa shape index (κ2) is 4.26. The SMILES string of the molecule is O=C(O)C(F)C1=CCCc2ccc(Cl)cc21. The van der Waals surface area contributed by atoms with Crippen LogP contribution in [0.2, 0.25) is 5.02 Å². The number of carbonyl (C=O) groups is 1. The number of allylic oxidation sites excluding steroid dienone is 1. The topological polar surface area (TPSA) is 37.3 Å². The Morgan fingerprint density at radius 1 is 1.50 bits per heavy atom. The summed E-state index contributed by atoms with van der Waals surface area (Å²) in [7, 11) is 0. The molecule has 4 heteroatoms. The average molecular weight is 241 g/mol. The fourth-order valence-electron chi connectivity index (χ4n) is 1.90. The molecule has 0 bridgehead atoms. The van der Waals surface area contributed by atoms with Gasteiger partial charge in [-0.05, 0) is 36.1 Å². The standard InChI is InChI=1S/C12H10ClFO2/c13-8-5-4-7-2-1-3-9(10(7)6-8)11(14)12(15)16/h3-6,11H,1-2H2,(H,15,16). The Kier molecular flexibility index (Phi) is 2.97. The monoisotopic (exact) mass is 240 g/mol. The minimum absolute atomic E-state index is 0.219. The van der Waals surface area contributed by atoms with Gasteiger partial charge in [-0.25, -0.2) is 9.18 Å². The Balaban J connectivity index is 2.47. The van der Waals surface area contributed by atoms with E-state index in [9.17, 15) is 9.18 Å². The lowest BCUT2D eigenvalue weighted by Crippen LogP contribution is -2.18. The number of hydrogen-bond donors (Lipinski definition) is 1. The third kappa shape index (κ3) is 1.95. The maximum atomic E-state index is 13.5. The van der Waals surface area contributed by atoms with Gasteiger partial charge in [0.1, 0.15) is 0 Å².